The number of rotatable bonds is 5. The number of nitrogens with zero attached hydrogens (tertiary/aromatic N) is 1. The first-order valence-electron chi connectivity index (χ1n) is 6.47. The van der Waals surface area contributed by atoms with Crippen molar-refractivity contribution in [3.63, 3.8) is 0 Å². The Labute approximate surface area is 114 Å². The van der Waals surface area contributed by atoms with Gasteiger partial charge in [0.15, 0.2) is 0 Å². The Hall–Kier alpha value is -0.770. The maximum atomic E-state index is 6.34. The summed E-state index contributed by atoms with van der Waals surface area (Å²) >= 11 is 6.34. The molecule has 1 heterocycles. The molecule has 0 aliphatic carbocycles. The van der Waals surface area contributed by atoms with E-state index in [-0.39, 0.29) is 0 Å². The molecule has 2 rings (SSSR count). The first-order chi connectivity index (χ1) is 8.72. The third-order valence-corrected chi connectivity index (χ3v) is 3.63. The molecular formula is C14H21ClN2O. The molecule has 0 radical (unpaired) electrons. The van der Waals surface area contributed by atoms with Crippen molar-refractivity contribution >= 4 is 17.3 Å². The average molecular weight is 269 g/mol. The van der Waals surface area contributed by atoms with E-state index >= 15 is 0 Å². The molecule has 100 valence electrons. The fourth-order valence-corrected chi connectivity index (χ4v) is 2.84. The van der Waals surface area contributed by atoms with Crippen molar-refractivity contribution in [2.24, 2.45) is 0 Å². The van der Waals surface area contributed by atoms with Crippen molar-refractivity contribution in [2.75, 3.05) is 32.1 Å². The van der Waals surface area contributed by atoms with Gasteiger partial charge in [0, 0.05) is 26.7 Å². The van der Waals surface area contributed by atoms with E-state index in [1.54, 1.807) is 0 Å². The van der Waals surface area contributed by atoms with Crippen LogP contribution in [0.25, 0.3) is 0 Å². The normalized spacial score (nSPS) is 19.2. The second-order valence-corrected chi connectivity index (χ2v) is 5.20. The van der Waals surface area contributed by atoms with Gasteiger partial charge in [-0.2, -0.15) is 0 Å². The third-order valence-electron chi connectivity index (χ3n) is 3.32. The van der Waals surface area contributed by atoms with Gasteiger partial charge in [-0.25, -0.2) is 0 Å². The molecular weight excluding hydrogens is 248 g/mol. The van der Waals surface area contributed by atoms with Gasteiger partial charge in [0.1, 0.15) is 0 Å². The minimum atomic E-state index is 0.341. The van der Waals surface area contributed by atoms with Crippen LogP contribution < -0.4 is 10.2 Å². The number of para-hydroxylation sites is 1. The molecule has 0 spiro atoms. The second kappa shape index (κ2) is 6.41. The smallest absolute Gasteiger partial charge is 0.0750 e. The Morgan fingerprint density at radius 3 is 3.00 bits per heavy atom. The summed E-state index contributed by atoms with van der Waals surface area (Å²) in [5.41, 5.74) is 2.34. The summed E-state index contributed by atoms with van der Waals surface area (Å²) < 4.78 is 5.68. The molecule has 1 aliphatic heterocycles. The van der Waals surface area contributed by atoms with Crippen molar-refractivity contribution in [1.29, 1.82) is 0 Å². The largest absolute Gasteiger partial charge is 0.376 e. The van der Waals surface area contributed by atoms with Gasteiger partial charge in [0.05, 0.1) is 16.8 Å². The molecule has 0 amide bonds. The van der Waals surface area contributed by atoms with Crippen molar-refractivity contribution in [3.8, 4) is 0 Å². The van der Waals surface area contributed by atoms with Gasteiger partial charge in [0.2, 0.25) is 0 Å². The van der Waals surface area contributed by atoms with E-state index in [1.165, 1.54) is 12.0 Å². The molecule has 1 aliphatic rings. The van der Waals surface area contributed by atoms with Crippen molar-refractivity contribution < 1.29 is 4.74 Å². The molecule has 1 saturated heterocycles. The lowest BCUT2D eigenvalue weighted by Crippen LogP contribution is -2.29. The van der Waals surface area contributed by atoms with Crippen molar-refractivity contribution in [3.05, 3.63) is 28.8 Å². The van der Waals surface area contributed by atoms with Crippen LogP contribution in [0.15, 0.2) is 18.2 Å². The number of hydrogen-bond acceptors (Lipinski definition) is 3. The lowest BCUT2D eigenvalue weighted by Gasteiger charge is -2.26. The lowest BCUT2D eigenvalue weighted by molar-refractivity contribution is 0.116. The summed E-state index contributed by atoms with van der Waals surface area (Å²) in [6, 6.07) is 6.06. The number of benzene rings is 1. The topological polar surface area (TPSA) is 24.5 Å². The SMILES string of the molecule is CNCc1cccc(Cl)c1N(C)CC1CCCO1. The highest BCUT2D eigenvalue weighted by atomic mass is 35.5. The van der Waals surface area contributed by atoms with Crippen LogP contribution in [-0.2, 0) is 11.3 Å². The van der Waals surface area contributed by atoms with Gasteiger partial charge in [-0.05, 0) is 31.5 Å². The molecule has 1 atom stereocenters. The van der Waals surface area contributed by atoms with Gasteiger partial charge >= 0.3 is 0 Å². The molecule has 0 saturated carbocycles. The monoisotopic (exact) mass is 268 g/mol. The number of halogens is 1. The van der Waals surface area contributed by atoms with E-state index in [2.05, 4.69) is 23.3 Å². The van der Waals surface area contributed by atoms with Crippen molar-refractivity contribution in [2.45, 2.75) is 25.5 Å². The zero-order valence-electron chi connectivity index (χ0n) is 11.1. The first kappa shape index (κ1) is 13.7. The van der Waals surface area contributed by atoms with Crippen LogP contribution in [0, 0.1) is 0 Å². The van der Waals surface area contributed by atoms with Gasteiger partial charge in [-0.15, -0.1) is 0 Å². The van der Waals surface area contributed by atoms with Gasteiger partial charge in [0.25, 0.3) is 0 Å². The van der Waals surface area contributed by atoms with E-state index in [4.69, 9.17) is 16.3 Å². The molecule has 1 aromatic rings. The van der Waals surface area contributed by atoms with E-state index in [0.29, 0.717) is 6.10 Å². The highest BCUT2D eigenvalue weighted by Crippen LogP contribution is 2.30. The fraction of sp³-hybridized carbons (Fsp3) is 0.571. The number of nitrogens with one attached hydrogen (secondary N) is 1. The van der Waals surface area contributed by atoms with Crippen LogP contribution in [0.1, 0.15) is 18.4 Å². The Morgan fingerprint density at radius 1 is 1.50 bits per heavy atom. The number of anilines is 1. The quantitative estimate of drug-likeness (QED) is 0.889. The zero-order chi connectivity index (χ0) is 13.0. The summed E-state index contributed by atoms with van der Waals surface area (Å²) in [5, 5.41) is 3.99. The van der Waals surface area contributed by atoms with E-state index in [0.717, 1.165) is 36.8 Å². The Bertz CT molecular complexity index is 391. The number of likely N-dealkylation sites (N-methyl/N-ethyl adjacent to an activating group) is 1. The fourth-order valence-electron chi connectivity index (χ4n) is 2.51. The average Bonchev–Trinajstić information content (AvgIpc) is 2.82. The van der Waals surface area contributed by atoms with Crippen LogP contribution in [0.5, 0.6) is 0 Å². The summed E-state index contributed by atoms with van der Waals surface area (Å²) in [6.07, 6.45) is 2.66. The van der Waals surface area contributed by atoms with Gasteiger partial charge in [-0.3, -0.25) is 0 Å². The molecule has 1 aromatic carbocycles. The minimum absolute atomic E-state index is 0.341. The van der Waals surface area contributed by atoms with Crippen molar-refractivity contribution in [1.82, 2.24) is 5.32 Å². The van der Waals surface area contributed by atoms with E-state index < -0.39 is 0 Å². The zero-order valence-corrected chi connectivity index (χ0v) is 11.8. The maximum Gasteiger partial charge on any atom is 0.0750 e. The lowest BCUT2D eigenvalue weighted by atomic mass is 10.1. The predicted molar refractivity (Wildman–Crippen MR) is 76.5 cm³/mol. The summed E-state index contributed by atoms with van der Waals surface area (Å²) in [6.45, 7) is 2.62. The Kier molecular flexibility index (Phi) is 4.87. The summed E-state index contributed by atoms with van der Waals surface area (Å²) in [4.78, 5) is 2.21. The highest BCUT2D eigenvalue weighted by molar-refractivity contribution is 6.33. The molecule has 0 aromatic heterocycles. The maximum absolute atomic E-state index is 6.34. The Balaban J connectivity index is 2.14. The second-order valence-electron chi connectivity index (χ2n) is 4.79. The van der Waals surface area contributed by atoms with Crippen LogP contribution in [0.3, 0.4) is 0 Å². The molecule has 1 fully saturated rings. The van der Waals surface area contributed by atoms with Crippen LogP contribution in [-0.4, -0.2) is 33.4 Å². The van der Waals surface area contributed by atoms with E-state index in [9.17, 15) is 0 Å². The first-order valence-corrected chi connectivity index (χ1v) is 6.85. The molecule has 18 heavy (non-hydrogen) atoms. The molecule has 1 N–H and O–H groups in total. The van der Waals surface area contributed by atoms with Crippen LogP contribution in [0.2, 0.25) is 5.02 Å². The molecule has 1 unspecified atom stereocenters. The minimum Gasteiger partial charge on any atom is -0.376 e. The number of ether oxygens (including phenoxy) is 1. The van der Waals surface area contributed by atoms with E-state index in [1.807, 2.05) is 19.2 Å². The molecule has 0 bridgehead atoms. The standard InChI is InChI=1S/C14H21ClN2O/c1-16-9-11-5-3-7-13(15)14(11)17(2)10-12-6-4-8-18-12/h3,5,7,12,16H,4,6,8-10H2,1-2H3. The predicted octanol–water partition coefficient (Wildman–Crippen LogP) is 2.67. The highest BCUT2D eigenvalue weighted by Gasteiger charge is 2.20. The summed E-state index contributed by atoms with van der Waals surface area (Å²) in [7, 11) is 4.03. The van der Waals surface area contributed by atoms with Crippen LogP contribution in [0.4, 0.5) is 5.69 Å². The molecule has 3 nitrogen and oxygen atoms in total. The molecule has 4 heteroatoms. The summed E-state index contributed by atoms with van der Waals surface area (Å²) in [5.74, 6) is 0. The van der Waals surface area contributed by atoms with Gasteiger partial charge in [-0.1, -0.05) is 23.7 Å². The van der Waals surface area contributed by atoms with Gasteiger partial charge < -0.3 is 15.0 Å². The Morgan fingerprint density at radius 2 is 2.33 bits per heavy atom. The van der Waals surface area contributed by atoms with Crippen LogP contribution >= 0.6 is 11.6 Å². The third kappa shape index (κ3) is 3.16. The number of hydrogen-bond donors (Lipinski definition) is 1.